The van der Waals surface area contributed by atoms with Crippen molar-refractivity contribution in [3.63, 3.8) is 0 Å². The quantitative estimate of drug-likeness (QED) is 0.258. The third-order valence-corrected chi connectivity index (χ3v) is 7.76. The van der Waals surface area contributed by atoms with Gasteiger partial charge in [-0.2, -0.15) is 0 Å². The van der Waals surface area contributed by atoms with E-state index in [0.29, 0.717) is 61.2 Å². The second kappa shape index (κ2) is 13.1. The number of carbonyl (C=O) groups is 2. The summed E-state index contributed by atoms with van der Waals surface area (Å²) in [6, 6.07) is 19.8. The molecule has 0 spiro atoms. The van der Waals surface area contributed by atoms with E-state index in [9.17, 15) is 14.7 Å². The largest absolute Gasteiger partial charge is 0.465 e. The van der Waals surface area contributed by atoms with Gasteiger partial charge < -0.3 is 25.7 Å². The van der Waals surface area contributed by atoms with Crippen molar-refractivity contribution in [2.24, 2.45) is 5.92 Å². The number of rotatable bonds is 10. The fourth-order valence-electron chi connectivity index (χ4n) is 5.79. The predicted molar refractivity (Wildman–Crippen MR) is 154 cm³/mol. The number of carboxylic acid groups (broad SMARTS) is 1. The van der Waals surface area contributed by atoms with Gasteiger partial charge in [-0.25, -0.2) is 9.18 Å². The molecule has 1 fully saturated rings. The molecule has 0 radical (unpaired) electrons. The highest BCUT2D eigenvalue weighted by Crippen LogP contribution is 2.44. The minimum Gasteiger partial charge on any atom is -0.465 e. The second-order valence-corrected chi connectivity index (χ2v) is 10.6. The van der Waals surface area contributed by atoms with Crippen LogP contribution in [0.1, 0.15) is 52.7 Å². The SMILES string of the molecule is CNCc1ccc(C(=O)N2CCCC(C(O)(CCCNC(=O)O)c3cccc(F)c3-c3cccc(C)c3)C2)cc1. The van der Waals surface area contributed by atoms with Crippen molar-refractivity contribution < 1.29 is 24.2 Å². The molecule has 2 atom stereocenters. The Kier molecular flexibility index (Phi) is 9.55. The van der Waals surface area contributed by atoms with Crippen LogP contribution in [-0.4, -0.2) is 53.8 Å². The zero-order chi connectivity index (χ0) is 28.7. The molecule has 2 unspecified atom stereocenters. The van der Waals surface area contributed by atoms with Crippen LogP contribution >= 0.6 is 0 Å². The first kappa shape index (κ1) is 29.2. The zero-order valence-electron chi connectivity index (χ0n) is 23.1. The summed E-state index contributed by atoms with van der Waals surface area (Å²) in [6.07, 6.45) is 0.770. The Balaban J connectivity index is 1.68. The summed E-state index contributed by atoms with van der Waals surface area (Å²) in [4.78, 5) is 26.3. The predicted octanol–water partition coefficient (Wildman–Crippen LogP) is 5.31. The first-order chi connectivity index (χ1) is 19.2. The van der Waals surface area contributed by atoms with Crippen LogP contribution in [0.2, 0.25) is 0 Å². The number of amides is 2. The average Bonchev–Trinajstić information content (AvgIpc) is 2.95. The van der Waals surface area contributed by atoms with Gasteiger partial charge in [0.2, 0.25) is 0 Å². The summed E-state index contributed by atoms with van der Waals surface area (Å²) < 4.78 is 15.5. The molecule has 4 N–H and O–H groups in total. The van der Waals surface area contributed by atoms with Crippen LogP contribution in [0.3, 0.4) is 0 Å². The van der Waals surface area contributed by atoms with Crippen molar-refractivity contribution in [3.05, 3.63) is 94.8 Å². The minimum absolute atomic E-state index is 0.103. The lowest BCUT2D eigenvalue weighted by molar-refractivity contribution is -0.0564. The van der Waals surface area contributed by atoms with Gasteiger partial charge in [0, 0.05) is 43.2 Å². The molecule has 1 aliphatic rings. The van der Waals surface area contributed by atoms with Crippen molar-refractivity contribution in [1.29, 1.82) is 0 Å². The maximum Gasteiger partial charge on any atom is 0.404 e. The van der Waals surface area contributed by atoms with Gasteiger partial charge >= 0.3 is 6.09 Å². The first-order valence-corrected chi connectivity index (χ1v) is 13.8. The van der Waals surface area contributed by atoms with Crippen LogP contribution in [0.5, 0.6) is 0 Å². The third-order valence-electron chi connectivity index (χ3n) is 7.76. The number of carbonyl (C=O) groups excluding carboxylic acids is 1. The topological polar surface area (TPSA) is 102 Å². The lowest BCUT2D eigenvalue weighted by atomic mass is 9.72. The van der Waals surface area contributed by atoms with Crippen molar-refractivity contribution in [2.75, 3.05) is 26.7 Å². The highest BCUT2D eigenvalue weighted by atomic mass is 19.1. The highest BCUT2D eigenvalue weighted by molar-refractivity contribution is 5.94. The highest BCUT2D eigenvalue weighted by Gasteiger charge is 2.43. The molecule has 4 rings (SSSR count). The molecular weight excluding hydrogens is 509 g/mol. The Morgan fingerprint density at radius 3 is 2.55 bits per heavy atom. The number of piperidine rings is 1. The lowest BCUT2D eigenvalue weighted by Gasteiger charge is -2.43. The molecule has 3 aromatic rings. The molecule has 40 heavy (non-hydrogen) atoms. The molecule has 3 aromatic carbocycles. The molecule has 1 heterocycles. The van der Waals surface area contributed by atoms with E-state index in [1.165, 1.54) is 6.07 Å². The Hall–Kier alpha value is -3.75. The summed E-state index contributed by atoms with van der Waals surface area (Å²) >= 11 is 0. The van der Waals surface area contributed by atoms with E-state index in [-0.39, 0.29) is 24.8 Å². The number of hydrogen-bond acceptors (Lipinski definition) is 4. The van der Waals surface area contributed by atoms with Gasteiger partial charge in [-0.15, -0.1) is 0 Å². The summed E-state index contributed by atoms with van der Waals surface area (Å²) in [5.74, 6) is -0.909. The summed E-state index contributed by atoms with van der Waals surface area (Å²) in [7, 11) is 1.87. The van der Waals surface area contributed by atoms with Gasteiger partial charge in [-0.05, 0) is 74.5 Å². The lowest BCUT2D eigenvalue weighted by Crippen LogP contribution is -2.48. The van der Waals surface area contributed by atoms with Gasteiger partial charge in [0.25, 0.3) is 5.91 Å². The normalized spacial score (nSPS) is 16.8. The Morgan fingerprint density at radius 1 is 1.10 bits per heavy atom. The number of nitrogens with one attached hydrogen (secondary N) is 2. The number of halogens is 1. The first-order valence-electron chi connectivity index (χ1n) is 13.8. The smallest absolute Gasteiger partial charge is 0.404 e. The van der Waals surface area contributed by atoms with Crippen molar-refractivity contribution >= 4 is 12.0 Å². The number of nitrogens with zero attached hydrogens (tertiary/aromatic N) is 1. The average molecular weight is 548 g/mol. The minimum atomic E-state index is -1.49. The van der Waals surface area contributed by atoms with E-state index < -0.39 is 17.5 Å². The van der Waals surface area contributed by atoms with E-state index in [1.54, 1.807) is 17.0 Å². The maximum atomic E-state index is 15.5. The van der Waals surface area contributed by atoms with E-state index in [0.717, 1.165) is 11.1 Å². The van der Waals surface area contributed by atoms with Gasteiger partial charge in [-0.3, -0.25) is 4.79 Å². The number of hydrogen-bond donors (Lipinski definition) is 4. The van der Waals surface area contributed by atoms with E-state index in [1.807, 2.05) is 62.5 Å². The number of benzene rings is 3. The van der Waals surface area contributed by atoms with E-state index >= 15 is 4.39 Å². The third kappa shape index (κ3) is 6.69. The molecule has 1 saturated heterocycles. The van der Waals surface area contributed by atoms with Crippen LogP contribution in [0.25, 0.3) is 11.1 Å². The van der Waals surface area contributed by atoms with Crippen LogP contribution < -0.4 is 10.6 Å². The fourth-order valence-corrected chi connectivity index (χ4v) is 5.79. The zero-order valence-corrected chi connectivity index (χ0v) is 23.1. The number of aryl methyl sites for hydroxylation is 1. The van der Waals surface area contributed by atoms with Gasteiger partial charge in [-0.1, -0.05) is 54.1 Å². The molecule has 0 bridgehead atoms. The van der Waals surface area contributed by atoms with Crippen molar-refractivity contribution in [1.82, 2.24) is 15.5 Å². The van der Waals surface area contributed by atoms with Crippen LogP contribution in [0.15, 0.2) is 66.7 Å². The molecule has 0 aliphatic carbocycles. The standard InChI is InChI=1S/C32H38FN3O4/c1-22-7-3-8-25(19-22)29-27(10-4-11-28(29)33)32(40,16-6-17-35-31(38)39)26-9-5-18-36(21-26)30(37)24-14-12-23(13-15-24)20-34-2/h3-4,7-8,10-15,19,26,34-35,40H,5-6,9,16-18,20-21H2,1-2H3,(H,38,39). The fraction of sp³-hybridized carbons (Fsp3) is 0.375. The molecule has 7 nitrogen and oxygen atoms in total. The van der Waals surface area contributed by atoms with Gasteiger partial charge in [0.1, 0.15) is 5.82 Å². The Morgan fingerprint density at radius 2 is 1.85 bits per heavy atom. The summed E-state index contributed by atoms with van der Waals surface area (Å²) in [6.45, 7) is 3.67. The van der Waals surface area contributed by atoms with Gasteiger partial charge in [0.15, 0.2) is 0 Å². The second-order valence-electron chi connectivity index (χ2n) is 10.6. The molecule has 8 heteroatoms. The maximum absolute atomic E-state index is 15.5. The molecule has 2 amide bonds. The molecule has 0 aromatic heterocycles. The molecule has 0 saturated carbocycles. The van der Waals surface area contributed by atoms with Crippen molar-refractivity contribution in [3.8, 4) is 11.1 Å². The van der Waals surface area contributed by atoms with Crippen molar-refractivity contribution in [2.45, 2.75) is 44.8 Å². The summed E-state index contributed by atoms with van der Waals surface area (Å²) in [5, 5.41) is 27.0. The Bertz CT molecular complexity index is 1330. The van der Waals surface area contributed by atoms with Gasteiger partial charge in [0.05, 0.1) is 5.60 Å². The number of aliphatic hydroxyl groups is 1. The molecule has 1 aliphatic heterocycles. The van der Waals surface area contributed by atoms with E-state index in [4.69, 9.17) is 5.11 Å². The Labute approximate surface area is 235 Å². The summed E-state index contributed by atoms with van der Waals surface area (Å²) in [5.41, 5.74) is 2.61. The van der Waals surface area contributed by atoms with Crippen LogP contribution in [0.4, 0.5) is 9.18 Å². The van der Waals surface area contributed by atoms with E-state index in [2.05, 4.69) is 10.6 Å². The molecule has 212 valence electrons. The van der Waals surface area contributed by atoms with Crippen LogP contribution in [-0.2, 0) is 12.1 Å². The number of likely N-dealkylation sites (tertiary alicyclic amines) is 1. The molecular formula is C32H38FN3O4. The monoisotopic (exact) mass is 547 g/mol. The van der Waals surface area contributed by atoms with Crippen LogP contribution in [0, 0.1) is 18.7 Å².